The fraction of sp³-hybridized carbons (Fsp3) is 0.933. The van der Waals surface area contributed by atoms with E-state index in [4.69, 9.17) is 15.6 Å². The summed E-state index contributed by atoms with van der Waals surface area (Å²) >= 11 is 0. The van der Waals surface area contributed by atoms with E-state index in [1.807, 2.05) is 4.90 Å². The lowest BCUT2D eigenvalue weighted by Crippen LogP contribution is -2.46. The van der Waals surface area contributed by atoms with Gasteiger partial charge >= 0.3 is 0 Å². The van der Waals surface area contributed by atoms with Crippen molar-refractivity contribution in [2.45, 2.75) is 44.6 Å². The van der Waals surface area contributed by atoms with E-state index in [-0.39, 0.29) is 18.6 Å². The maximum atomic E-state index is 12.6. The van der Waals surface area contributed by atoms with Gasteiger partial charge in [0.2, 0.25) is 5.91 Å². The normalized spacial score (nSPS) is 28.6. The molecule has 0 radical (unpaired) electrons. The summed E-state index contributed by atoms with van der Waals surface area (Å²) in [7, 11) is 0. The van der Waals surface area contributed by atoms with E-state index in [1.54, 1.807) is 0 Å². The molecular formula is C15H28N2O3. The van der Waals surface area contributed by atoms with Crippen LogP contribution >= 0.6 is 0 Å². The van der Waals surface area contributed by atoms with E-state index in [9.17, 15) is 4.79 Å². The van der Waals surface area contributed by atoms with Gasteiger partial charge in [-0.2, -0.15) is 0 Å². The Morgan fingerprint density at radius 2 is 1.90 bits per heavy atom. The summed E-state index contributed by atoms with van der Waals surface area (Å²) in [6, 6.07) is 0. The molecule has 5 heteroatoms. The number of likely N-dealkylation sites (tertiary alicyclic amines) is 1. The van der Waals surface area contributed by atoms with Crippen molar-refractivity contribution in [2.75, 3.05) is 32.8 Å². The van der Waals surface area contributed by atoms with Crippen LogP contribution in [0, 0.1) is 11.8 Å². The first kappa shape index (κ1) is 15.7. The third kappa shape index (κ3) is 3.93. The largest absolute Gasteiger partial charge is 0.394 e. The van der Waals surface area contributed by atoms with Gasteiger partial charge in [0.05, 0.1) is 19.3 Å². The van der Waals surface area contributed by atoms with Gasteiger partial charge in [0, 0.05) is 19.0 Å². The molecular weight excluding hydrogens is 256 g/mol. The molecule has 2 unspecified atom stereocenters. The molecule has 1 heterocycles. The molecule has 116 valence electrons. The summed E-state index contributed by atoms with van der Waals surface area (Å²) in [5.41, 5.74) is 5.82. The van der Waals surface area contributed by atoms with Crippen LogP contribution in [0.1, 0.15) is 38.5 Å². The smallest absolute Gasteiger partial charge is 0.226 e. The summed E-state index contributed by atoms with van der Waals surface area (Å²) in [6.07, 6.45) is 6.43. The quantitative estimate of drug-likeness (QED) is 0.781. The first-order valence-electron chi connectivity index (χ1n) is 7.97. The van der Waals surface area contributed by atoms with Crippen molar-refractivity contribution in [2.24, 2.45) is 17.6 Å². The van der Waals surface area contributed by atoms with Crippen LogP contribution < -0.4 is 5.73 Å². The first-order chi connectivity index (χ1) is 9.76. The van der Waals surface area contributed by atoms with Gasteiger partial charge in [0.1, 0.15) is 0 Å². The highest BCUT2D eigenvalue weighted by Crippen LogP contribution is 2.31. The van der Waals surface area contributed by atoms with Crippen LogP contribution in [0.3, 0.4) is 0 Å². The number of amides is 1. The molecule has 1 saturated carbocycles. The number of aliphatic hydroxyl groups excluding tert-OH is 1. The van der Waals surface area contributed by atoms with Crippen molar-refractivity contribution in [1.82, 2.24) is 4.90 Å². The van der Waals surface area contributed by atoms with Crippen LogP contribution in [0.2, 0.25) is 0 Å². The zero-order valence-corrected chi connectivity index (χ0v) is 12.3. The van der Waals surface area contributed by atoms with E-state index in [0.717, 1.165) is 45.2 Å². The molecule has 0 aromatic heterocycles. The van der Waals surface area contributed by atoms with Crippen LogP contribution in [-0.2, 0) is 9.53 Å². The number of carbonyl (C=O) groups is 1. The number of carbonyl (C=O) groups excluding carboxylic acids is 1. The third-order valence-corrected chi connectivity index (χ3v) is 4.73. The number of nitrogens with zero attached hydrogens (tertiary/aromatic N) is 1. The average molecular weight is 284 g/mol. The fourth-order valence-electron chi connectivity index (χ4n) is 3.51. The molecule has 2 rings (SSSR count). The Labute approximate surface area is 121 Å². The molecule has 1 amide bonds. The summed E-state index contributed by atoms with van der Waals surface area (Å²) in [5, 5.41) is 8.76. The monoisotopic (exact) mass is 284 g/mol. The number of rotatable bonds is 5. The molecule has 2 fully saturated rings. The van der Waals surface area contributed by atoms with Crippen molar-refractivity contribution < 1.29 is 14.6 Å². The molecule has 2 atom stereocenters. The fourth-order valence-corrected chi connectivity index (χ4v) is 3.51. The Hall–Kier alpha value is -0.650. The minimum Gasteiger partial charge on any atom is -0.394 e. The second kappa shape index (κ2) is 7.96. The van der Waals surface area contributed by atoms with Crippen molar-refractivity contribution in [3.05, 3.63) is 0 Å². The van der Waals surface area contributed by atoms with Crippen molar-refractivity contribution in [3.8, 4) is 0 Å². The number of aliphatic hydroxyl groups is 1. The number of piperidine rings is 1. The molecule has 3 N–H and O–H groups in total. The van der Waals surface area contributed by atoms with E-state index < -0.39 is 0 Å². The summed E-state index contributed by atoms with van der Waals surface area (Å²) in [5.74, 6) is 0.823. The van der Waals surface area contributed by atoms with Crippen molar-refractivity contribution >= 4 is 5.91 Å². The first-order valence-corrected chi connectivity index (χ1v) is 7.97. The lowest BCUT2D eigenvalue weighted by Gasteiger charge is -2.37. The number of nitrogens with two attached hydrogens (primary N) is 1. The van der Waals surface area contributed by atoms with Gasteiger partial charge in [0.15, 0.2) is 0 Å². The topological polar surface area (TPSA) is 75.8 Å². The Kier molecular flexibility index (Phi) is 6.26. The Balaban J connectivity index is 1.81. The van der Waals surface area contributed by atoms with Gasteiger partial charge in [-0.15, -0.1) is 0 Å². The van der Waals surface area contributed by atoms with Crippen LogP contribution in [0.5, 0.6) is 0 Å². The zero-order valence-electron chi connectivity index (χ0n) is 12.3. The van der Waals surface area contributed by atoms with E-state index >= 15 is 0 Å². The minimum atomic E-state index is 0.0688. The molecule has 1 aliphatic carbocycles. The summed E-state index contributed by atoms with van der Waals surface area (Å²) < 4.78 is 5.54. The number of hydrogen-bond donors (Lipinski definition) is 2. The number of hydrogen-bond acceptors (Lipinski definition) is 4. The van der Waals surface area contributed by atoms with Crippen molar-refractivity contribution in [3.63, 3.8) is 0 Å². The molecule has 0 aromatic carbocycles. The summed E-state index contributed by atoms with van der Waals surface area (Å²) in [6.45, 7) is 2.66. The molecule has 5 nitrogen and oxygen atoms in total. The predicted molar refractivity (Wildman–Crippen MR) is 77.1 cm³/mol. The Morgan fingerprint density at radius 3 is 2.55 bits per heavy atom. The Bertz CT molecular complexity index is 303. The highest BCUT2D eigenvalue weighted by molar-refractivity contribution is 5.79. The zero-order chi connectivity index (χ0) is 14.4. The van der Waals surface area contributed by atoms with Crippen molar-refractivity contribution in [1.29, 1.82) is 0 Å². The van der Waals surface area contributed by atoms with Crippen LogP contribution in [0.4, 0.5) is 0 Å². The lowest BCUT2D eigenvalue weighted by atomic mass is 9.78. The van der Waals surface area contributed by atoms with Gasteiger partial charge in [-0.3, -0.25) is 4.79 Å². The molecule has 0 spiro atoms. The molecule has 1 saturated heterocycles. The van der Waals surface area contributed by atoms with Crippen LogP contribution in [0.25, 0.3) is 0 Å². The second-order valence-corrected chi connectivity index (χ2v) is 6.01. The highest BCUT2D eigenvalue weighted by Gasteiger charge is 2.34. The summed E-state index contributed by atoms with van der Waals surface area (Å²) in [4.78, 5) is 14.6. The standard InChI is InChI=1S/C15H28N2O3/c16-11-12-3-1-2-4-14(12)15(19)17-7-5-13(6-8-17)20-10-9-18/h12-14,18H,1-11,16H2. The minimum absolute atomic E-state index is 0.0688. The van der Waals surface area contributed by atoms with Gasteiger partial charge in [0.25, 0.3) is 0 Å². The second-order valence-electron chi connectivity index (χ2n) is 6.01. The van der Waals surface area contributed by atoms with Gasteiger partial charge in [-0.25, -0.2) is 0 Å². The maximum absolute atomic E-state index is 12.6. The SMILES string of the molecule is NCC1CCCCC1C(=O)N1CCC(OCCO)CC1. The van der Waals surface area contributed by atoms with E-state index in [0.29, 0.717) is 25.0 Å². The van der Waals surface area contributed by atoms with Gasteiger partial charge in [-0.1, -0.05) is 12.8 Å². The molecule has 2 aliphatic rings. The maximum Gasteiger partial charge on any atom is 0.226 e. The molecule has 0 bridgehead atoms. The Morgan fingerprint density at radius 1 is 1.20 bits per heavy atom. The van der Waals surface area contributed by atoms with E-state index in [1.165, 1.54) is 6.42 Å². The third-order valence-electron chi connectivity index (χ3n) is 4.73. The predicted octanol–water partition coefficient (Wildman–Crippen LogP) is 0.751. The molecule has 1 aliphatic heterocycles. The van der Waals surface area contributed by atoms with Gasteiger partial charge in [-0.05, 0) is 38.1 Å². The number of ether oxygens (including phenoxy) is 1. The average Bonchev–Trinajstić information content (AvgIpc) is 2.52. The highest BCUT2D eigenvalue weighted by atomic mass is 16.5. The molecule has 0 aromatic rings. The van der Waals surface area contributed by atoms with Crippen LogP contribution in [0.15, 0.2) is 0 Å². The lowest BCUT2D eigenvalue weighted by molar-refractivity contribution is -0.141. The molecule has 20 heavy (non-hydrogen) atoms. The van der Waals surface area contributed by atoms with E-state index in [2.05, 4.69) is 0 Å². The van der Waals surface area contributed by atoms with Crippen LogP contribution in [-0.4, -0.2) is 54.9 Å². The van der Waals surface area contributed by atoms with Gasteiger partial charge < -0.3 is 20.5 Å².